The average molecular weight is 265 g/mol. The number of hydrogen-bond donors (Lipinski definition) is 1. The van der Waals surface area contributed by atoms with Crippen LogP contribution in [0.3, 0.4) is 0 Å². The van der Waals surface area contributed by atoms with Crippen LogP contribution in [0.1, 0.15) is 5.56 Å². The van der Waals surface area contributed by atoms with Crippen LogP contribution in [0.25, 0.3) is 6.08 Å². The molecule has 6 heteroatoms. The molecular formula is C12H9ClN2O3. The number of nitrogens with one attached hydrogen (secondary N) is 1. The molecule has 1 N–H and O–H groups in total. The third kappa shape index (κ3) is 2.12. The topological polar surface area (TPSA) is 66.5 Å². The van der Waals surface area contributed by atoms with Crippen molar-refractivity contribution in [2.45, 2.75) is 0 Å². The van der Waals surface area contributed by atoms with E-state index in [9.17, 15) is 14.4 Å². The number of imide groups is 2. The Morgan fingerprint density at radius 2 is 1.89 bits per heavy atom. The number of urea groups is 1. The number of benzene rings is 1. The largest absolute Gasteiger partial charge is 0.331 e. The third-order valence-corrected chi connectivity index (χ3v) is 2.85. The highest BCUT2D eigenvalue weighted by Crippen LogP contribution is 2.20. The summed E-state index contributed by atoms with van der Waals surface area (Å²) in [6.45, 7) is 0. The van der Waals surface area contributed by atoms with Gasteiger partial charge in [0.05, 0.1) is 0 Å². The highest BCUT2D eigenvalue weighted by molar-refractivity contribution is 6.34. The Balaban J connectivity index is 2.44. The van der Waals surface area contributed by atoms with Crippen molar-refractivity contribution in [1.29, 1.82) is 0 Å². The van der Waals surface area contributed by atoms with Crippen molar-refractivity contribution in [3.63, 3.8) is 0 Å². The van der Waals surface area contributed by atoms with Gasteiger partial charge in [0.15, 0.2) is 0 Å². The van der Waals surface area contributed by atoms with E-state index in [0.717, 1.165) is 4.90 Å². The molecule has 2 rings (SSSR count). The van der Waals surface area contributed by atoms with E-state index in [-0.39, 0.29) is 5.57 Å². The fraction of sp³-hybridized carbons (Fsp3) is 0.0833. The molecule has 0 aliphatic carbocycles. The summed E-state index contributed by atoms with van der Waals surface area (Å²) in [7, 11) is 1.30. The van der Waals surface area contributed by atoms with Crippen LogP contribution >= 0.6 is 11.6 Å². The van der Waals surface area contributed by atoms with Gasteiger partial charge in [-0.2, -0.15) is 0 Å². The van der Waals surface area contributed by atoms with Crippen LogP contribution in [0.2, 0.25) is 5.02 Å². The van der Waals surface area contributed by atoms with E-state index in [1.54, 1.807) is 24.3 Å². The summed E-state index contributed by atoms with van der Waals surface area (Å²) in [5.74, 6) is -1.37. The van der Waals surface area contributed by atoms with Gasteiger partial charge in [0, 0.05) is 12.1 Å². The molecule has 0 unspecified atom stereocenters. The first-order chi connectivity index (χ1) is 8.50. The normalized spacial score (nSPS) is 18.2. The molecular weight excluding hydrogens is 256 g/mol. The van der Waals surface area contributed by atoms with Crippen molar-refractivity contribution in [3.8, 4) is 0 Å². The summed E-state index contributed by atoms with van der Waals surface area (Å²) in [6.07, 6.45) is 1.36. The number of likely N-dealkylation sites (N-methyl/N-ethyl adjacent to an activating group) is 1. The van der Waals surface area contributed by atoms with E-state index in [0.29, 0.717) is 10.6 Å². The highest BCUT2D eigenvalue weighted by Gasteiger charge is 2.33. The molecule has 1 aromatic rings. The molecule has 92 valence electrons. The molecule has 1 heterocycles. The Kier molecular flexibility index (Phi) is 3.16. The highest BCUT2D eigenvalue weighted by atomic mass is 35.5. The van der Waals surface area contributed by atoms with Gasteiger partial charge in [-0.25, -0.2) is 4.79 Å². The number of nitrogens with zero attached hydrogens (tertiary/aromatic N) is 1. The lowest BCUT2D eigenvalue weighted by molar-refractivity contribution is -0.129. The second-order valence-corrected chi connectivity index (χ2v) is 4.11. The van der Waals surface area contributed by atoms with Crippen molar-refractivity contribution in [1.82, 2.24) is 10.2 Å². The first-order valence-corrected chi connectivity index (χ1v) is 5.48. The van der Waals surface area contributed by atoms with E-state index in [1.165, 1.54) is 13.1 Å². The Hall–Kier alpha value is -2.14. The monoisotopic (exact) mass is 264 g/mol. The molecule has 1 aliphatic rings. The number of barbiturate groups is 1. The van der Waals surface area contributed by atoms with E-state index in [4.69, 9.17) is 11.6 Å². The summed E-state index contributed by atoms with van der Waals surface area (Å²) in [5, 5.41) is 2.49. The lowest BCUT2D eigenvalue weighted by atomic mass is 10.1. The van der Waals surface area contributed by atoms with Gasteiger partial charge in [-0.1, -0.05) is 29.8 Å². The minimum atomic E-state index is -0.735. The molecule has 4 amide bonds. The summed E-state index contributed by atoms with van der Waals surface area (Å²) in [6, 6.07) is 6.06. The Morgan fingerprint density at radius 3 is 2.56 bits per heavy atom. The molecule has 1 aromatic carbocycles. The molecule has 0 spiro atoms. The SMILES string of the molecule is CN1C(=O)NC(=O)/C(=C\c2ccccc2Cl)C1=O. The Labute approximate surface area is 108 Å². The molecule has 1 saturated heterocycles. The van der Waals surface area contributed by atoms with Crippen LogP contribution in [0, 0.1) is 0 Å². The lowest BCUT2D eigenvalue weighted by Gasteiger charge is -2.22. The van der Waals surface area contributed by atoms with Crippen molar-refractivity contribution in [2.24, 2.45) is 0 Å². The van der Waals surface area contributed by atoms with E-state index >= 15 is 0 Å². The van der Waals surface area contributed by atoms with E-state index in [2.05, 4.69) is 5.32 Å². The predicted molar refractivity (Wildman–Crippen MR) is 65.7 cm³/mol. The quantitative estimate of drug-likeness (QED) is 0.616. The van der Waals surface area contributed by atoms with Crippen LogP contribution in [0.4, 0.5) is 4.79 Å². The fourth-order valence-electron chi connectivity index (χ4n) is 1.49. The van der Waals surface area contributed by atoms with Crippen LogP contribution in [-0.2, 0) is 9.59 Å². The van der Waals surface area contributed by atoms with Crippen LogP contribution in [-0.4, -0.2) is 29.8 Å². The number of carbonyl (C=O) groups excluding carboxylic acids is 3. The zero-order chi connectivity index (χ0) is 13.3. The Bertz CT molecular complexity index is 580. The van der Waals surface area contributed by atoms with Crippen LogP contribution in [0.5, 0.6) is 0 Å². The van der Waals surface area contributed by atoms with Gasteiger partial charge in [-0.15, -0.1) is 0 Å². The summed E-state index contributed by atoms with van der Waals surface area (Å²) < 4.78 is 0. The number of amides is 4. The van der Waals surface area contributed by atoms with Crippen LogP contribution < -0.4 is 5.32 Å². The molecule has 0 atom stereocenters. The lowest BCUT2D eigenvalue weighted by Crippen LogP contribution is -2.52. The van der Waals surface area contributed by atoms with Gasteiger partial charge in [0.1, 0.15) is 5.57 Å². The van der Waals surface area contributed by atoms with Crippen molar-refractivity contribution >= 4 is 35.5 Å². The maximum absolute atomic E-state index is 11.8. The number of carbonyl (C=O) groups is 3. The van der Waals surface area contributed by atoms with Gasteiger partial charge in [-0.3, -0.25) is 19.8 Å². The maximum Gasteiger partial charge on any atom is 0.331 e. The van der Waals surface area contributed by atoms with Crippen molar-refractivity contribution in [3.05, 3.63) is 40.4 Å². The first kappa shape index (κ1) is 12.3. The third-order valence-electron chi connectivity index (χ3n) is 2.51. The van der Waals surface area contributed by atoms with E-state index in [1.807, 2.05) is 0 Å². The molecule has 0 aromatic heterocycles. The zero-order valence-corrected chi connectivity index (χ0v) is 10.2. The standard InChI is InChI=1S/C12H9ClN2O3/c1-15-11(17)8(10(16)14-12(15)18)6-7-4-2-3-5-9(7)13/h2-6H,1H3,(H,14,16,18)/b8-6+. The number of halogens is 1. The van der Waals surface area contributed by atoms with Gasteiger partial charge < -0.3 is 0 Å². The Morgan fingerprint density at radius 1 is 1.22 bits per heavy atom. The van der Waals surface area contributed by atoms with E-state index < -0.39 is 17.8 Å². The van der Waals surface area contributed by atoms with Crippen molar-refractivity contribution < 1.29 is 14.4 Å². The summed E-state index contributed by atoms with van der Waals surface area (Å²) in [4.78, 5) is 35.4. The summed E-state index contributed by atoms with van der Waals surface area (Å²) in [5.41, 5.74) is 0.422. The second-order valence-electron chi connectivity index (χ2n) is 3.70. The molecule has 1 fully saturated rings. The predicted octanol–water partition coefficient (Wildman–Crippen LogP) is 1.43. The minimum absolute atomic E-state index is 0.120. The number of hydrogen-bond acceptors (Lipinski definition) is 3. The summed E-state index contributed by atoms with van der Waals surface area (Å²) >= 11 is 5.94. The van der Waals surface area contributed by atoms with Gasteiger partial charge in [-0.05, 0) is 17.7 Å². The van der Waals surface area contributed by atoms with Crippen LogP contribution in [0.15, 0.2) is 29.8 Å². The number of rotatable bonds is 1. The molecule has 18 heavy (non-hydrogen) atoms. The maximum atomic E-state index is 11.8. The molecule has 0 saturated carbocycles. The van der Waals surface area contributed by atoms with Crippen molar-refractivity contribution in [2.75, 3.05) is 7.05 Å². The smallest absolute Gasteiger partial charge is 0.273 e. The zero-order valence-electron chi connectivity index (χ0n) is 9.44. The molecule has 0 bridgehead atoms. The van der Waals surface area contributed by atoms with Gasteiger partial charge in [0.2, 0.25) is 0 Å². The molecule has 5 nitrogen and oxygen atoms in total. The van der Waals surface area contributed by atoms with Gasteiger partial charge in [0.25, 0.3) is 11.8 Å². The second kappa shape index (κ2) is 4.62. The molecule has 0 radical (unpaired) electrons. The van der Waals surface area contributed by atoms with Gasteiger partial charge >= 0.3 is 6.03 Å². The average Bonchev–Trinajstić information content (AvgIpc) is 2.34. The minimum Gasteiger partial charge on any atom is -0.273 e. The molecule has 1 aliphatic heterocycles. The first-order valence-electron chi connectivity index (χ1n) is 5.10. The fourth-order valence-corrected chi connectivity index (χ4v) is 1.68.